The Kier molecular flexibility index (Phi) is 6.45. The number of nitrogens with one attached hydrogen (secondary N) is 1. The molecule has 2 aromatic rings. The van der Waals surface area contributed by atoms with E-state index in [1.807, 2.05) is 87.2 Å². The predicted molar refractivity (Wildman–Crippen MR) is 103 cm³/mol. The predicted octanol–water partition coefficient (Wildman–Crippen LogP) is 4.32. The van der Waals surface area contributed by atoms with Crippen LogP contribution in [0, 0.1) is 0 Å². The molecule has 0 unspecified atom stereocenters. The summed E-state index contributed by atoms with van der Waals surface area (Å²) in [5, 5.41) is 3.33. The first-order valence-electron chi connectivity index (χ1n) is 8.80. The van der Waals surface area contributed by atoms with Crippen molar-refractivity contribution in [3.8, 4) is 5.75 Å². The van der Waals surface area contributed by atoms with Crippen molar-refractivity contribution >= 4 is 11.6 Å². The lowest BCUT2D eigenvalue weighted by atomic mass is 10.0. The number of benzene rings is 2. The minimum absolute atomic E-state index is 0.0766. The maximum Gasteiger partial charge on any atom is 0.247 e. The number of nitrogens with zero attached hydrogens (tertiary/aromatic N) is 1. The molecule has 0 fully saturated rings. The Morgan fingerprint density at radius 2 is 1.68 bits per heavy atom. The Morgan fingerprint density at radius 3 is 2.24 bits per heavy atom. The van der Waals surface area contributed by atoms with Crippen molar-refractivity contribution in [1.29, 1.82) is 0 Å². The van der Waals surface area contributed by atoms with Crippen LogP contribution in [0.25, 0.3) is 0 Å². The molecule has 0 aromatic heterocycles. The van der Waals surface area contributed by atoms with Gasteiger partial charge in [-0.1, -0.05) is 30.3 Å². The van der Waals surface area contributed by atoms with Crippen LogP contribution in [0.3, 0.4) is 0 Å². The molecule has 0 heterocycles. The Balaban J connectivity index is 2.06. The number of rotatable bonds is 8. The van der Waals surface area contributed by atoms with Crippen LogP contribution in [-0.4, -0.2) is 29.5 Å². The lowest BCUT2D eigenvalue weighted by molar-refractivity contribution is -0.135. The van der Waals surface area contributed by atoms with E-state index in [0.29, 0.717) is 19.7 Å². The van der Waals surface area contributed by atoms with Crippen molar-refractivity contribution in [3.05, 3.63) is 60.2 Å². The number of carbonyl (C=O) groups is 1. The van der Waals surface area contributed by atoms with Crippen LogP contribution in [-0.2, 0) is 11.3 Å². The van der Waals surface area contributed by atoms with Crippen molar-refractivity contribution in [1.82, 2.24) is 4.90 Å². The van der Waals surface area contributed by atoms with Crippen LogP contribution >= 0.6 is 0 Å². The molecule has 4 heteroatoms. The number of amides is 1. The number of hydrogen-bond acceptors (Lipinski definition) is 3. The molecular weight excluding hydrogens is 312 g/mol. The summed E-state index contributed by atoms with van der Waals surface area (Å²) in [6.45, 7) is 9.70. The van der Waals surface area contributed by atoms with Gasteiger partial charge in [-0.2, -0.15) is 0 Å². The highest BCUT2D eigenvalue weighted by Crippen LogP contribution is 2.19. The second kappa shape index (κ2) is 8.56. The lowest BCUT2D eigenvalue weighted by Crippen LogP contribution is -2.49. The maximum atomic E-state index is 13.0. The summed E-state index contributed by atoms with van der Waals surface area (Å²) in [5.74, 6) is 0.930. The van der Waals surface area contributed by atoms with Crippen LogP contribution in [0.4, 0.5) is 5.69 Å². The molecule has 0 saturated carbocycles. The smallest absolute Gasteiger partial charge is 0.247 e. The summed E-state index contributed by atoms with van der Waals surface area (Å²) in [6, 6.07) is 17.7. The number of anilines is 1. The maximum absolute atomic E-state index is 13.0. The van der Waals surface area contributed by atoms with Crippen LogP contribution in [0.1, 0.15) is 33.3 Å². The summed E-state index contributed by atoms with van der Waals surface area (Å²) in [6.07, 6.45) is 0. The number of hydrogen-bond donors (Lipinski definition) is 1. The second-order valence-corrected chi connectivity index (χ2v) is 6.51. The standard InChI is InChI=1S/C21H28N2O2/c1-5-23(16-17-12-14-19(15-13-17)25-6-2)20(24)21(3,4)22-18-10-8-7-9-11-18/h7-15,22H,5-6,16H2,1-4H3. The molecule has 2 aromatic carbocycles. The van der Waals surface area contributed by atoms with Gasteiger partial charge in [-0.3, -0.25) is 4.79 Å². The molecule has 0 aliphatic rings. The first-order valence-corrected chi connectivity index (χ1v) is 8.80. The summed E-state index contributed by atoms with van der Waals surface area (Å²) < 4.78 is 5.47. The van der Waals surface area contributed by atoms with E-state index in [2.05, 4.69) is 5.32 Å². The fraction of sp³-hybridized carbons (Fsp3) is 0.381. The van der Waals surface area contributed by atoms with E-state index in [-0.39, 0.29) is 5.91 Å². The number of carbonyl (C=O) groups excluding carboxylic acids is 1. The fourth-order valence-corrected chi connectivity index (χ4v) is 2.74. The quantitative estimate of drug-likeness (QED) is 0.778. The molecule has 0 saturated heterocycles. The van der Waals surface area contributed by atoms with Gasteiger partial charge in [-0.15, -0.1) is 0 Å². The average molecular weight is 340 g/mol. The SMILES string of the molecule is CCOc1ccc(CN(CC)C(=O)C(C)(C)Nc2ccccc2)cc1. The first-order chi connectivity index (χ1) is 12.0. The van der Waals surface area contributed by atoms with Gasteiger partial charge in [0.05, 0.1) is 6.61 Å². The van der Waals surface area contributed by atoms with E-state index in [1.54, 1.807) is 0 Å². The van der Waals surface area contributed by atoms with Crippen LogP contribution < -0.4 is 10.1 Å². The monoisotopic (exact) mass is 340 g/mol. The highest BCUT2D eigenvalue weighted by atomic mass is 16.5. The third-order valence-electron chi connectivity index (χ3n) is 4.04. The zero-order chi connectivity index (χ0) is 18.3. The zero-order valence-electron chi connectivity index (χ0n) is 15.6. The van der Waals surface area contributed by atoms with E-state index >= 15 is 0 Å². The van der Waals surface area contributed by atoms with Crippen molar-refractivity contribution < 1.29 is 9.53 Å². The Morgan fingerprint density at radius 1 is 1.04 bits per heavy atom. The normalized spacial score (nSPS) is 11.0. The molecule has 2 rings (SSSR count). The Bertz CT molecular complexity index is 666. The minimum Gasteiger partial charge on any atom is -0.494 e. The van der Waals surface area contributed by atoms with E-state index < -0.39 is 5.54 Å². The zero-order valence-corrected chi connectivity index (χ0v) is 15.6. The van der Waals surface area contributed by atoms with E-state index in [4.69, 9.17) is 4.74 Å². The molecular formula is C21H28N2O2. The van der Waals surface area contributed by atoms with Crippen LogP contribution in [0.5, 0.6) is 5.75 Å². The summed E-state index contributed by atoms with van der Waals surface area (Å²) in [4.78, 5) is 14.9. The van der Waals surface area contributed by atoms with E-state index in [0.717, 1.165) is 17.0 Å². The lowest BCUT2D eigenvalue weighted by Gasteiger charge is -2.33. The van der Waals surface area contributed by atoms with Gasteiger partial charge >= 0.3 is 0 Å². The largest absolute Gasteiger partial charge is 0.494 e. The minimum atomic E-state index is -0.678. The Labute approximate surface area is 150 Å². The molecule has 0 bridgehead atoms. The van der Waals surface area contributed by atoms with Gasteiger partial charge in [0.2, 0.25) is 5.91 Å². The van der Waals surface area contributed by atoms with Gasteiger partial charge in [-0.25, -0.2) is 0 Å². The summed E-state index contributed by atoms with van der Waals surface area (Å²) in [5.41, 5.74) is 1.36. The van der Waals surface area contributed by atoms with Gasteiger partial charge in [-0.05, 0) is 57.5 Å². The molecule has 0 aliphatic heterocycles. The summed E-state index contributed by atoms with van der Waals surface area (Å²) >= 11 is 0. The second-order valence-electron chi connectivity index (χ2n) is 6.51. The van der Waals surface area contributed by atoms with Crippen molar-refractivity contribution in [2.75, 3.05) is 18.5 Å². The molecule has 1 N–H and O–H groups in total. The van der Waals surface area contributed by atoms with Gasteiger partial charge in [0.25, 0.3) is 0 Å². The molecule has 1 amide bonds. The third kappa shape index (κ3) is 5.24. The van der Waals surface area contributed by atoms with E-state index in [1.165, 1.54) is 0 Å². The third-order valence-corrected chi connectivity index (χ3v) is 4.04. The van der Waals surface area contributed by atoms with E-state index in [9.17, 15) is 4.79 Å². The molecule has 0 aliphatic carbocycles. The number of para-hydroxylation sites is 1. The number of ether oxygens (including phenoxy) is 1. The molecule has 0 atom stereocenters. The average Bonchev–Trinajstić information content (AvgIpc) is 2.61. The fourth-order valence-electron chi connectivity index (χ4n) is 2.74. The molecule has 25 heavy (non-hydrogen) atoms. The molecule has 134 valence electrons. The van der Waals surface area contributed by atoms with Crippen molar-refractivity contribution in [2.45, 2.75) is 39.8 Å². The van der Waals surface area contributed by atoms with Crippen LogP contribution in [0.15, 0.2) is 54.6 Å². The van der Waals surface area contributed by atoms with Crippen LogP contribution in [0.2, 0.25) is 0 Å². The van der Waals surface area contributed by atoms with Crippen molar-refractivity contribution in [2.24, 2.45) is 0 Å². The van der Waals surface area contributed by atoms with Crippen molar-refractivity contribution in [3.63, 3.8) is 0 Å². The first kappa shape index (κ1) is 18.8. The summed E-state index contributed by atoms with van der Waals surface area (Å²) in [7, 11) is 0. The van der Waals surface area contributed by atoms with Gasteiger partial charge in [0.1, 0.15) is 11.3 Å². The highest BCUT2D eigenvalue weighted by Gasteiger charge is 2.31. The molecule has 0 spiro atoms. The Hall–Kier alpha value is -2.49. The van der Waals surface area contributed by atoms with Gasteiger partial charge < -0.3 is 15.0 Å². The molecule has 4 nitrogen and oxygen atoms in total. The van der Waals surface area contributed by atoms with Gasteiger partial charge in [0.15, 0.2) is 0 Å². The van der Waals surface area contributed by atoms with Gasteiger partial charge in [0, 0.05) is 18.8 Å². The topological polar surface area (TPSA) is 41.6 Å². The highest BCUT2D eigenvalue weighted by molar-refractivity contribution is 5.88. The number of likely N-dealkylation sites (N-methyl/N-ethyl adjacent to an activating group) is 1. The molecule has 0 radical (unpaired) electrons.